The number of ether oxygens (including phenoxy) is 6. The molecule has 11 nitrogen and oxygen atoms in total. The number of allylic oxidation sites excluding steroid dienone is 2. The van der Waals surface area contributed by atoms with Crippen LogP contribution in [0.15, 0.2) is 43.0 Å². The first-order valence-corrected chi connectivity index (χ1v) is 37.0. The van der Waals surface area contributed by atoms with Crippen LogP contribution in [0.1, 0.15) is 209 Å². The lowest BCUT2D eigenvalue weighted by Gasteiger charge is -2.60. The van der Waals surface area contributed by atoms with Crippen molar-refractivity contribution in [3.05, 3.63) is 54.1 Å². The number of hydrogen-bond donors (Lipinski definition) is 0. The zero-order valence-corrected chi connectivity index (χ0v) is 54.7. The predicted molar refractivity (Wildman–Crippen MR) is 332 cm³/mol. The highest BCUT2D eigenvalue weighted by Gasteiger charge is 2.60. The third-order valence-corrected chi connectivity index (χ3v) is 36.7. The number of Topliss-reactive ketones (excluding diaryl/α,β-unsaturated/α-hetero) is 1. The van der Waals surface area contributed by atoms with Gasteiger partial charge in [0.05, 0.1) is 43.4 Å². The molecule has 0 N–H and O–H groups in total. The Hall–Kier alpha value is -3.34. The molecular formula is C68H104N4O7Si2. The topological polar surface area (TPSA) is 108 Å². The van der Waals surface area contributed by atoms with Gasteiger partial charge in [-0.25, -0.2) is 9.97 Å². The Morgan fingerprint density at radius 1 is 0.568 bits per heavy atom. The number of methoxy groups -OCH3 is 2. The average Bonchev–Trinajstić information content (AvgIpc) is 4.15. The van der Waals surface area contributed by atoms with Crippen LogP contribution in [0.2, 0.25) is 33.2 Å². The third kappa shape index (κ3) is 10.0. The molecule has 0 spiro atoms. The molecule has 8 saturated carbocycles. The maximum Gasteiger partial charge on any atom is 0.171 e. The van der Waals surface area contributed by atoms with E-state index in [0.29, 0.717) is 74.5 Å². The Bertz CT molecular complexity index is 2830. The van der Waals surface area contributed by atoms with E-state index in [1.807, 2.05) is 19.5 Å². The molecule has 4 aromatic heterocycles. The van der Waals surface area contributed by atoms with Gasteiger partial charge in [0.15, 0.2) is 34.8 Å². The van der Waals surface area contributed by atoms with Crippen LogP contribution in [-0.2, 0) is 18.9 Å². The molecule has 81 heavy (non-hydrogen) atoms. The Morgan fingerprint density at radius 3 is 1.31 bits per heavy atom. The first kappa shape index (κ1) is 59.4. The van der Waals surface area contributed by atoms with Crippen LogP contribution in [0.5, 0.6) is 11.5 Å². The van der Waals surface area contributed by atoms with Crippen LogP contribution in [0.4, 0.5) is 0 Å². The van der Waals surface area contributed by atoms with E-state index in [9.17, 15) is 4.79 Å². The highest BCUT2D eigenvalue weighted by atomic mass is 28.3. The minimum Gasteiger partial charge on any atom is -0.494 e. The van der Waals surface area contributed by atoms with Crippen molar-refractivity contribution in [2.24, 2.45) is 47.3 Å². The van der Waals surface area contributed by atoms with Crippen molar-refractivity contribution in [2.75, 3.05) is 27.4 Å². The minimum atomic E-state index is -2.02. The molecule has 2 saturated heterocycles. The Labute approximate surface area is 489 Å². The molecule has 2 aliphatic heterocycles. The van der Waals surface area contributed by atoms with Crippen molar-refractivity contribution in [2.45, 2.75) is 250 Å². The van der Waals surface area contributed by atoms with E-state index in [4.69, 9.17) is 38.4 Å². The predicted octanol–water partition coefficient (Wildman–Crippen LogP) is 17.2. The molecule has 8 bridgehead atoms. The third-order valence-electron chi connectivity index (χ3n) is 23.2. The standard InChI is InChI=1S/C35H54N2O3Si.C33H50N2O4Si/c1-9-28(32-26-16-25-17-27(32)20-35(18-25,19-26)40-31-12-10-11-15-39-31)33-29-13-14-37(34(29)36-21-30(33)38-8)41(22(2)3,23(4)5)24(6)7;1-20(2)40(21(3)4,22(5)6)35-12-11-26-30(27(37-7)19-34-32(26)35)31(36)29-24-14-23-15-25(29)18-33(16-23,17-24)39-28-10-8-9-13-38-28/h9,13-14,21-27,31-32H,10-12,15-20H2,1-8H3;11-12,19-25,28-29H,8-10,13-18H2,1-7H3. The number of hydrogen-bond acceptors (Lipinski definition) is 9. The molecule has 6 atom stereocenters. The summed E-state index contributed by atoms with van der Waals surface area (Å²) in [5.74, 6) is 5.90. The second-order valence-electron chi connectivity index (χ2n) is 29.2. The van der Waals surface area contributed by atoms with Crippen LogP contribution in [0, 0.1) is 47.3 Å². The maximum atomic E-state index is 14.7. The van der Waals surface area contributed by atoms with E-state index in [0.717, 1.165) is 98.5 Å². The van der Waals surface area contributed by atoms with Crippen LogP contribution in [-0.4, -0.2) is 91.9 Å². The van der Waals surface area contributed by atoms with Gasteiger partial charge in [-0.15, -0.1) is 0 Å². The monoisotopic (exact) mass is 1140 g/mol. The maximum absolute atomic E-state index is 14.7. The average molecular weight is 1150 g/mol. The van der Waals surface area contributed by atoms with Gasteiger partial charge in [0.2, 0.25) is 0 Å². The summed E-state index contributed by atoms with van der Waals surface area (Å²) in [6, 6.07) is 4.52. The van der Waals surface area contributed by atoms with E-state index in [-0.39, 0.29) is 35.5 Å². The quantitative estimate of drug-likeness (QED) is 0.0711. The van der Waals surface area contributed by atoms with Gasteiger partial charge >= 0.3 is 0 Å². The van der Waals surface area contributed by atoms with Crippen molar-refractivity contribution in [3.63, 3.8) is 0 Å². The number of aromatic nitrogens is 4. The fourth-order valence-electron chi connectivity index (χ4n) is 21.3. The van der Waals surface area contributed by atoms with E-state index in [2.05, 4.69) is 129 Å². The first-order valence-electron chi connectivity index (χ1n) is 32.6. The molecule has 6 unspecified atom stereocenters. The van der Waals surface area contributed by atoms with E-state index >= 15 is 0 Å². The van der Waals surface area contributed by atoms with Crippen molar-refractivity contribution >= 4 is 49.9 Å². The Balaban J connectivity index is 0.000000170. The molecule has 6 heterocycles. The van der Waals surface area contributed by atoms with Gasteiger partial charge in [0.1, 0.15) is 22.8 Å². The lowest BCUT2D eigenvalue weighted by molar-refractivity contribution is -0.270. The second-order valence-corrected chi connectivity index (χ2v) is 40.7. The van der Waals surface area contributed by atoms with Gasteiger partial charge < -0.3 is 36.9 Å². The molecule has 0 radical (unpaired) electrons. The summed E-state index contributed by atoms with van der Waals surface area (Å²) in [4.78, 5) is 24.8. The summed E-state index contributed by atoms with van der Waals surface area (Å²) in [5, 5.41) is 2.24. The van der Waals surface area contributed by atoms with Crippen LogP contribution in [0.3, 0.4) is 0 Å². The number of ketones is 1. The summed E-state index contributed by atoms with van der Waals surface area (Å²) in [5.41, 5.74) is 9.02. The number of fused-ring (bicyclic) bond motifs is 2. The lowest BCUT2D eigenvalue weighted by Crippen LogP contribution is -2.58. The number of rotatable bonds is 18. The molecule has 4 aromatic rings. The van der Waals surface area contributed by atoms with Gasteiger partial charge in [-0.2, -0.15) is 0 Å². The summed E-state index contributed by atoms with van der Waals surface area (Å²) < 4.78 is 42.9. The summed E-state index contributed by atoms with van der Waals surface area (Å²) in [7, 11) is -0.476. The highest BCUT2D eigenvalue weighted by molar-refractivity contribution is 6.83. The summed E-state index contributed by atoms with van der Waals surface area (Å²) in [6.07, 6.45) is 29.2. The van der Waals surface area contributed by atoms with Gasteiger partial charge in [-0.1, -0.05) is 89.2 Å². The number of carbonyl (C=O) groups excluding carboxylic acids is 1. The Morgan fingerprint density at radius 2 is 0.951 bits per heavy atom. The number of carbonyl (C=O) groups is 1. The lowest BCUT2D eigenvalue weighted by atomic mass is 9.48. The number of nitrogens with zero attached hydrogens (tertiary/aromatic N) is 4. The largest absolute Gasteiger partial charge is 0.494 e. The second kappa shape index (κ2) is 23.2. The molecule has 8 aliphatic carbocycles. The molecule has 14 rings (SSSR count). The van der Waals surface area contributed by atoms with Crippen molar-refractivity contribution in [1.82, 2.24) is 18.4 Å². The van der Waals surface area contributed by atoms with Crippen molar-refractivity contribution < 1.29 is 33.2 Å². The Kier molecular flexibility index (Phi) is 17.0. The fourth-order valence-corrected chi connectivity index (χ4v) is 34.3. The van der Waals surface area contributed by atoms with Crippen molar-refractivity contribution in [3.8, 4) is 11.5 Å². The van der Waals surface area contributed by atoms with Gasteiger partial charge in [0, 0.05) is 35.5 Å². The SMILES string of the molecule is CC=C(c1c(OC)cnc2c1ccn2[Si](C(C)C)(C(C)C)C(C)C)C1C2CC3CC1CC(OC1CCCCO1)(C3)C2.COc1cnc2c(ccn2[Si](C(C)C)(C(C)C)C(C)C)c1C(=O)C1C2CC3CC1CC(OC1CCCCO1)(C3)C2. The first-order chi connectivity index (χ1) is 38.8. The zero-order chi connectivity index (χ0) is 57.5. The van der Waals surface area contributed by atoms with Gasteiger partial charge in [-0.3, -0.25) is 4.79 Å². The summed E-state index contributed by atoms with van der Waals surface area (Å²) in [6.45, 7) is 32.8. The zero-order valence-electron chi connectivity index (χ0n) is 52.7. The van der Waals surface area contributed by atoms with Gasteiger partial charge in [-0.05, 0) is 214 Å². The van der Waals surface area contributed by atoms with Gasteiger partial charge in [0.25, 0.3) is 0 Å². The molecule has 446 valence electrons. The molecular weight excluding hydrogens is 1040 g/mol. The van der Waals surface area contributed by atoms with E-state index in [1.165, 1.54) is 67.9 Å². The van der Waals surface area contributed by atoms with Crippen LogP contribution < -0.4 is 9.47 Å². The van der Waals surface area contributed by atoms with Crippen LogP contribution in [0.25, 0.3) is 27.6 Å². The molecule has 10 fully saturated rings. The fraction of sp³-hybridized carbons (Fsp3) is 0.750. The molecule has 10 aliphatic rings. The van der Waals surface area contributed by atoms with Crippen LogP contribution >= 0.6 is 0 Å². The summed E-state index contributed by atoms with van der Waals surface area (Å²) >= 11 is 0. The van der Waals surface area contributed by atoms with Crippen molar-refractivity contribution in [1.29, 1.82) is 0 Å². The molecule has 13 heteroatoms. The minimum absolute atomic E-state index is 0.00613. The normalized spacial score (nSPS) is 32.1. The van der Waals surface area contributed by atoms with E-state index in [1.54, 1.807) is 7.11 Å². The molecule has 0 aromatic carbocycles. The number of pyridine rings is 2. The highest BCUT2D eigenvalue weighted by Crippen LogP contribution is 2.64. The molecule has 0 amide bonds. The van der Waals surface area contributed by atoms with E-state index < -0.39 is 16.5 Å². The smallest absolute Gasteiger partial charge is 0.171 e.